The molecular formula is C12H14N4O3. The Bertz CT molecular complexity index is 481. The lowest BCUT2D eigenvalue weighted by atomic mass is 10.3. The van der Waals surface area contributed by atoms with E-state index < -0.39 is 5.97 Å². The van der Waals surface area contributed by atoms with Crippen LogP contribution in [-0.4, -0.2) is 58.0 Å². The zero-order valence-electron chi connectivity index (χ0n) is 10.3. The van der Waals surface area contributed by atoms with Crippen LogP contribution >= 0.6 is 0 Å². The van der Waals surface area contributed by atoms with Crippen molar-refractivity contribution in [2.45, 2.75) is 0 Å². The van der Waals surface area contributed by atoms with Gasteiger partial charge in [-0.15, -0.1) is 0 Å². The lowest BCUT2D eigenvalue weighted by Gasteiger charge is -2.34. The van der Waals surface area contributed by atoms with Gasteiger partial charge in [0, 0.05) is 50.7 Å². The highest BCUT2D eigenvalue weighted by molar-refractivity contribution is 5.94. The smallest absolute Gasteiger partial charge is 0.328 e. The van der Waals surface area contributed by atoms with Gasteiger partial charge in [0.25, 0.3) is 0 Å². The molecule has 0 spiro atoms. The van der Waals surface area contributed by atoms with Gasteiger partial charge in [-0.1, -0.05) is 0 Å². The van der Waals surface area contributed by atoms with Gasteiger partial charge >= 0.3 is 5.97 Å². The van der Waals surface area contributed by atoms with E-state index in [-0.39, 0.29) is 5.91 Å². The number of nitrogens with zero attached hydrogens (tertiary/aromatic N) is 4. The molecule has 0 aromatic carbocycles. The standard InChI is InChI=1S/C12H14N4O3/c17-11(1-2-12(18)19)16-7-5-15(6-8-16)10-9-13-3-4-14-10/h1-4,9H,5-8H2,(H,18,19)/b2-1+. The third-order valence-electron chi connectivity index (χ3n) is 2.83. The number of carbonyl (C=O) groups excluding carboxylic acids is 1. The van der Waals surface area contributed by atoms with Crippen molar-refractivity contribution in [3.8, 4) is 0 Å². The summed E-state index contributed by atoms with van der Waals surface area (Å²) in [4.78, 5) is 33.9. The third-order valence-corrected chi connectivity index (χ3v) is 2.83. The maximum atomic E-state index is 11.7. The van der Waals surface area contributed by atoms with Crippen LogP contribution in [0.1, 0.15) is 0 Å². The number of hydrogen-bond donors (Lipinski definition) is 1. The summed E-state index contributed by atoms with van der Waals surface area (Å²) in [7, 11) is 0. The van der Waals surface area contributed by atoms with Gasteiger partial charge < -0.3 is 14.9 Å². The van der Waals surface area contributed by atoms with Crippen molar-refractivity contribution in [2.75, 3.05) is 31.1 Å². The van der Waals surface area contributed by atoms with Gasteiger partial charge in [0.1, 0.15) is 5.82 Å². The molecule has 1 aliphatic heterocycles. The average molecular weight is 262 g/mol. The summed E-state index contributed by atoms with van der Waals surface area (Å²) >= 11 is 0. The number of carbonyl (C=O) groups is 2. The second kappa shape index (κ2) is 5.94. The van der Waals surface area contributed by atoms with Crippen LogP contribution in [0.2, 0.25) is 0 Å². The van der Waals surface area contributed by atoms with E-state index in [1.165, 1.54) is 0 Å². The molecule has 0 bridgehead atoms. The number of piperazine rings is 1. The Morgan fingerprint density at radius 2 is 1.89 bits per heavy atom. The van der Waals surface area contributed by atoms with Crippen molar-refractivity contribution < 1.29 is 14.7 Å². The molecule has 0 saturated carbocycles. The quantitative estimate of drug-likeness (QED) is 0.757. The first-order valence-electron chi connectivity index (χ1n) is 5.87. The first-order chi connectivity index (χ1) is 9.16. The number of rotatable bonds is 3. The molecule has 1 fully saturated rings. The molecule has 1 aromatic rings. The minimum atomic E-state index is -1.12. The SMILES string of the molecule is O=C(O)/C=C/C(=O)N1CCN(c2cnccn2)CC1. The molecule has 0 aliphatic carbocycles. The summed E-state index contributed by atoms with van der Waals surface area (Å²) in [6.45, 7) is 2.40. The Hall–Kier alpha value is -2.44. The van der Waals surface area contributed by atoms with Crippen LogP contribution in [0.25, 0.3) is 0 Å². The highest BCUT2D eigenvalue weighted by Gasteiger charge is 2.20. The van der Waals surface area contributed by atoms with Crippen molar-refractivity contribution >= 4 is 17.7 Å². The summed E-state index contributed by atoms with van der Waals surface area (Å²) < 4.78 is 0. The van der Waals surface area contributed by atoms with Crippen molar-refractivity contribution in [1.82, 2.24) is 14.9 Å². The van der Waals surface area contributed by atoms with Crippen molar-refractivity contribution in [1.29, 1.82) is 0 Å². The summed E-state index contributed by atoms with van der Waals surface area (Å²) in [6.07, 6.45) is 6.86. The Morgan fingerprint density at radius 3 is 2.47 bits per heavy atom. The van der Waals surface area contributed by atoms with E-state index in [0.717, 1.165) is 18.0 Å². The van der Waals surface area contributed by atoms with Crippen LogP contribution in [0.5, 0.6) is 0 Å². The van der Waals surface area contributed by atoms with Gasteiger partial charge in [0.2, 0.25) is 5.91 Å². The van der Waals surface area contributed by atoms with Crippen LogP contribution in [0.3, 0.4) is 0 Å². The maximum Gasteiger partial charge on any atom is 0.328 e. The molecule has 100 valence electrons. The van der Waals surface area contributed by atoms with Gasteiger partial charge in [-0.2, -0.15) is 0 Å². The number of amides is 1. The normalized spacial score (nSPS) is 15.8. The number of hydrogen-bond acceptors (Lipinski definition) is 5. The molecule has 0 radical (unpaired) electrons. The molecule has 2 heterocycles. The zero-order valence-corrected chi connectivity index (χ0v) is 10.3. The molecular weight excluding hydrogens is 248 g/mol. The van der Waals surface area contributed by atoms with Gasteiger partial charge in [0.15, 0.2) is 0 Å². The topological polar surface area (TPSA) is 86.6 Å². The van der Waals surface area contributed by atoms with Crippen molar-refractivity contribution in [3.05, 3.63) is 30.7 Å². The predicted octanol–water partition coefficient (Wildman–Crippen LogP) is -0.234. The maximum absolute atomic E-state index is 11.7. The van der Waals surface area contributed by atoms with E-state index in [1.54, 1.807) is 23.5 Å². The van der Waals surface area contributed by atoms with E-state index >= 15 is 0 Å². The summed E-state index contributed by atoms with van der Waals surface area (Å²) in [5.41, 5.74) is 0. The zero-order chi connectivity index (χ0) is 13.7. The van der Waals surface area contributed by atoms with E-state index in [1.807, 2.05) is 4.90 Å². The van der Waals surface area contributed by atoms with Crippen LogP contribution in [-0.2, 0) is 9.59 Å². The Kier molecular flexibility index (Phi) is 4.07. The number of anilines is 1. The van der Waals surface area contributed by atoms with Gasteiger partial charge in [-0.05, 0) is 0 Å². The molecule has 2 rings (SSSR count). The molecule has 7 heteroatoms. The highest BCUT2D eigenvalue weighted by Crippen LogP contribution is 2.11. The summed E-state index contributed by atoms with van der Waals surface area (Å²) in [5.74, 6) is -0.608. The molecule has 0 unspecified atom stereocenters. The summed E-state index contributed by atoms with van der Waals surface area (Å²) in [5, 5.41) is 8.47. The molecule has 1 saturated heterocycles. The molecule has 7 nitrogen and oxygen atoms in total. The second-order valence-corrected chi connectivity index (χ2v) is 4.05. The molecule has 19 heavy (non-hydrogen) atoms. The van der Waals surface area contributed by atoms with E-state index in [0.29, 0.717) is 26.2 Å². The van der Waals surface area contributed by atoms with Crippen molar-refractivity contribution in [2.24, 2.45) is 0 Å². The fraction of sp³-hybridized carbons (Fsp3) is 0.333. The molecule has 1 aliphatic rings. The fourth-order valence-corrected chi connectivity index (χ4v) is 1.86. The van der Waals surface area contributed by atoms with E-state index in [2.05, 4.69) is 9.97 Å². The largest absolute Gasteiger partial charge is 0.478 e. The average Bonchev–Trinajstić information content (AvgIpc) is 2.46. The van der Waals surface area contributed by atoms with Gasteiger partial charge in [-0.25, -0.2) is 9.78 Å². The van der Waals surface area contributed by atoms with E-state index in [4.69, 9.17) is 5.11 Å². The Labute approximate surface area is 110 Å². The monoisotopic (exact) mass is 262 g/mol. The minimum absolute atomic E-state index is 0.277. The van der Waals surface area contributed by atoms with Crippen LogP contribution in [0.4, 0.5) is 5.82 Å². The number of carboxylic acids is 1. The predicted molar refractivity (Wildman–Crippen MR) is 67.6 cm³/mol. The van der Waals surface area contributed by atoms with Crippen molar-refractivity contribution in [3.63, 3.8) is 0 Å². The van der Waals surface area contributed by atoms with Gasteiger partial charge in [0.05, 0.1) is 6.20 Å². The Balaban J connectivity index is 1.89. The molecule has 1 aromatic heterocycles. The van der Waals surface area contributed by atoms with E-state index in [9.17, 15) is 9.59 Å². The molecule has 1 amide bonds. The van der Waals surface area contributed by atoms with Crippen LogP contribution < -0.4 is 4.90 Å². The summed E-state index contributed by atoms with van der Waals surface area (Å²) in [6, 6.07) is 0. The second-order valence-electron chi connectivity index (χ2n) is 4.05. The first-order valence-corrected chi connectivity index (χ1v) is 5.87. The lowest BCUT2D eigenvalue weighted by Crippen LogP contribution is -2.48. The Morgan fingerprint density at radius 1 is 1.16 bits per heavy atom. The minimum Gasteiger partial charge on any atom is -0.478 e. The molecule has 1 N–H and O–H groups in total. The number of aliphatic carboxylic acids is 1. The number of aromatic nitrogens is 2. The van der Waals surface area contributed by atoms with Crippen LogP contribution in [0.15, 0.2) is 30.7 Å². The lowest BCUT2D eigenvalue weighted by molar-refractivity contribution is -0.132. The molecule has 0 atom stereocenters. The first kappa shape index (κ1) is 13.0. The third kappa shape index (κ3) is 3.51. The fourth-order valence-electron chi connectivity index (χ4n) is 1.86. The number of carboxylic acid groups (broad SMARTS) is 1. The van der Waals surface area contributed by atoms with Gasteiger partial charge in [-0.3, -0.25) is 9.78 Å². The highest BCUT2D eigenvalue weighted by atomic mass is 16.4. The van der Waals surface area contributed by atoms with Crippen LogP contribution in [0, 0.1) is 0 Å².